The second-order valence-corrected chi connectivity index (χ2v) is 5.71. The number of aryl methyl sites for hydroxylation is 1. The normalized spacial score (nSPS) is 14.5. The number of nitrogens with two attached hydrogens (primary N) is 1. The van der Waals surface area contributed by atoms with Crippen molar-refractivity contribution in [1.29, 1.82) is 5.26 Å². The molecule has 0 atom stereocenters. The van der Waals surface area contributed by atoms with E-state index in [0.717, 1.165) is 48.1 Å². The molecule has 1 heterocycles. The lowest BCUT2D eigenvalue weighted by atomic mass is 9.88. The quantitative estimate of drug-likeness (QED) is 0.865. The van der Waals surface area contributed by atoms with Crippen molar-refractivity contribution in [3.05, 3.63) is 46.9 Å². The average molecular weight is 295 g/mol. The number of rotatable bonds is 1. The van der Waals surface area contributed by atoms with Crippen LogP contribution < -0.4 is 5.73 Å². The van der Waals surface area contributed by atoms with Gasteiger partial charge in [-0.1, -0.05) is 25.0 Å². The van der Waals surface area contributed by atoms with Crippen molar-refractivity contribution < 1.29 is 4.39 Å². The Kier molecular flexibility index (Phi) is 4.06. The maximum Gasteiger partial charge on any atom is 0.142 e. The second kappa shape index (κ2) is 6.15. The number of nitrogens with zero attached hydrogens (tertiary/aromatic N) is 2. The van der Waals surface area contributed by atoms with Gasteiger partial charge in [-0.05, 0) is 48.9 Å². The second-order valence-electron chi connectivity index (χ2n) is 5.71. The number of fused-ring (bicyclic) bond motifs is 1. The van der Waals surface area contributed by atoms with Gasteiger partial charge in [-0.15, -0.1) is 0 Å². The van der Waals surface area contributed by atoms with Crippen molar-refractivity contribution in [2.75, 3.05) is 5.73 Å². The summed E-state index contributed by atoms with van der Waals surface area (Å²) >= 11 is 0. The van der Waals surface area contributed by atoms with Gasteiger partial charge in [0, 0.05) is 11.3 Å². The van der Waals surface area contributed by atoms with Gasteiger partial charge in [0.05, 0.1) is 0 Å². The summed E-state index contributed by atoms with van der Waals surface area (Å²) in [6.07, 6.45) is 6.34. The van der Waals surface area contributed by atoms with Crippen LogP contribution in [0.15, 0.2) is 24.3 Å². The van der Waals surface area contributed by atoms with Gasteiger partial charge in [0.15, 0.2) is 0 Å². The van der Waals surface area contributed by atoms with Gasteiger partial charge in [0.25, 0.3) is 0 Å². The number of hydrogen-bond acceptors (Lipinski definition) is 3. The fraction of sp³-hybridized carbons (Fsp3) is 0.333. The zero-order valence-electron chi connectivity index (χ0n) is 12.4. The molecule has 22 heavy (non-hydrogen) atoms. The zero-order chi connectivity index (χ0) is 15.5. The Bertz CT molecular complexity index is 729. The van der Waals surface area contributed by atoms with Crippen LogP contribution in [0, 0.1) is 17.1 Å². The molecule has 0 fully saturated rings. The van der Waals surface area contributed by atoms with E-state index in [9.17, 15) is 9.65 Å². The molecule has 4 heteroatoms. The molecule has 2 N–H and O–H groups in total. The van der Waals surface area contributed by atoms with Crippen molar-refractivity contribution in [1.82, 2.24) is 4.98 Å². The number of nitriles is 1. The summed E-state index contributed by atoms with van der Waals surface area (Å²) < 4.78 is 13.2. The maximum absolute atomic E-state index is 13.2. The Morgan fingerprint density at radius 2 is 1.73 bits per heavy atom. The largest absolute Gasteiger partial charge is 0.383 e. The average Bonchev–Trinajstić information content (AvgIpc) is 2.49. The highest BCUT2D eigenvalue weighted by Crippen LogP contribution is 2.35. The monoisotopic (exact) mass is 295 g/mol. The summed E-state index contributed by atoms with van der Waals surface area (Å²) in [7, 11) is 0. The number of benzene rings is 1. The van der Waals surface area contributed by atoms with Crippen molar-refractivity contribution in [3.8, 4) is 17.2 Å². The van der Waals surface area contributed by atoms with Crippen LogP contribution in [0.5, 0.6) is 0 Å². The first-order valence-electron chi connectivity index (χ1n) is 7.68. The summed E-state index contributed by atoms with van der Waals surface area (Å²) in [5, 5.41) is 9.50. The number of pyridine rings is 1. The molecule has 1 aliphatic rings. The molecule has 1 aromatic heterocycles. The fourth-order valence-corrected chi connectivity index (χ4v) is 3.16. The standard InChI is InChI=1S/C18H18FN3/c19-13-9-7-12(8-10-13)17-14-5-3-1-2-4-6-16(14)22-18(21)15(17)11-20/h7-10H,1-6H2,(H2,21,22). The molecule has 3 rings (SSSR count). The molecule has 0 amide bonds. The van der Waals surface area contributed by atoms with Crippen LogP contribution in [0.3, 0.4) is 0 Å². The summed E-state index contributed by atoms with van der Waals surface area (Å²) in [4.78, 5) is 4.47. The Balaban J connectivity index is 2.25. The SMILES string of the molecule is N#Cc1c(N)nc2c(c1-c1ccc(F)cc1)CCCCCC2. The Morgan fingerprint density at radius 1 is 1.05 bits per heavy atom. The first-order valence-corrected chi connectivity index (χ1v) is 7.68. The van der Waals surface area contributed by atoms with Crippen LogP contribution in [-0.4, -0.2) is 4.98 Å². The molecule has 0 aliphatic heterocycles. The highest BCUT2D eigenvalue weighted by molar-refractivity contribution is 5.79. The number of halogens is 1. The van der Waals surface area contributed by atoms with Gasteiger partial charge < -0.3 is 5.73 Å². The number of anilines is 1. The molecule has 0 unspecified atom stereocenters. The van der Waals surface area contributed by atoms with E-state index in [4.69, 9.17) is 5.73 Å². The van der Waals surface area contributed by atoms with Crippen LogP contribution in [0.2, 0.25) is 0 Å². The topological polar surface area (TPSA) is 62.7 Å². The molecule has 3 nitrogen and oxygen atoms in total. The number of aromatic nitrogens is 1. The molecule has 0 saturated heterocycles. The van der Waals surface area contributed by atoms with E-state index >= 15 is 0 Å². The lowest BCUT2D eigenvalue weighted by Crippen LogP contribution is -2.10. The summed E-state index contributed by atoms with van der Waals surface area (Å²) in [5.74, 6) is -0.00618. The van der Waals surface area contributed by atoms with Crippen molar-refractivity contribution >= 4 is 5.82 Å². The molecule has 0 radical (unpaired) electrons. The molecule has 1 aliphatic carbocycles. The fourth-order valence-electron chi connectivity index (χ4n) is 3.16. The number of nitrogen functional groups attached to an aromatic ring is 1. The molecule has 1 aromatic carbocycles. The van der Waals surface area contributed by atoms with E-state index in [0.29, 0.717) is 5.56 Å². The van der Waals surface area contributed by atoms with Crippen LogP contribution >= 0.6 is 0 Å². The Labute approximate surface area is 129 Å². The van der Waals surface area contributed by atoms with Gasteiger partial charge in [-0.3, -0.25) is 0 Å². The third-order valence-corrected chi connectivity index (χ3v) is 4.25. The third kappa shape index (κ3) is 2.67. The van der Waals surface area contributed by atoms with E-state index in [1.165, 1.54) is 25.0 Å². The molecule has 2 aromatic rings. The van der Waals surface area contributed by atoms with Crippen LogP contribution in [0.1, 0.15) is 42.5 Å². The highest BCUT2D eigenvalue weighted by atomic mass is 19.1. The highest BCUT2D eigenvalue weighted by Gasteiger charge is 2.20. The van der Waals surface area contributed by atoms with E-state index in [1.54, 1.807) is 12.1 Å². The van der Waals surface area contributed by atoms with Crippen LogP contribution in [0.4, 0.5) is 10.2 Å². The Hall–Kier alpha value is -2.41. The number of hydrogen-bond donors (Lipinski definition) is 1. The van der Waals surface area contributed by atoms with Gasteiger partial charge >= 0.3 is 0 Å². The molecule has 0 bridgehead atoms. The minimum atomic E-state index is -0.285. The summed E-state index contributed by atoms with van der Waals surface area (Å²) in [6, 6.07) is 8.44. The third-order valence-electron chi connectivity index (χ3n) is 4.25. The van der Waals surface area contributed by atoms with Crippen LogP contribution in [-0.2, 0) is 12.8 Å². The minimum Gasteiger partial charge on any atom is -0.383 e. The van der Waals surface area contributed by atoms with E-state index in [1.807, 2.05) is 0 Å². The van der Waals surface area contributed by atoms with Crippen molar-refractivity contribution in [3.63, 3.8) is 0 Å². The zero-order valence-corrected chi connectivity index (χ0v) is 12.4. The van der Waals surface area contributed by atoms with E-state index in [2.05, 4.69) is 11.1 Å². The summed E-state index contributed by atoms with van der Waals surface area (Å²) in [6.45, 7) is 0. The van der Waals surface area contributed by atoms with Crippen molar-refractivity contribution in [2.45, 2.75) is 38.5 Å². The predicted octanol–water partition coefficient (Wildman–Crippen LogP) is 4.00. The smallest absolute Gasteiger partial charge is 0.142 e. The van der Waals surface area contributed by atoms with Gasteiger partial charge in [-0.25, -0.2) is 9.37 Å². The molecule has 0 spiro atoms. The minimum absolute atomic E-state index is 0.279. The molecular weight excluding hydrogens is 277 g/mol. The first-order chi connectivity index (χ1) is 10.7. The lowest BCUT2D eigenvalue weighted by Gasteiger charge is -2.19. The van der Waals surface area contributed by atoms with E-state index in [-0.39, 0.29) is 11.6 Å². The maximum atomic E-state index is 13.2. The molecule has 112 valence electrons. The van der Waals surface area contributed by atoms with Gasteiger partial charge in [-0.2, -0.15) is 5.26 Å². The first kappa shape index (κ1) is 14.5. The molecule has 0 saturated carbocycles. The summed E-state index contributed by atoms with van der Waals surface area (Å²) in [5.41, 5.74) is 10.2. The predicted molar refractivity (Wildman–Crippen MR) is 84.6 cm³/mol. The van der Waals surface area contributed by atoms with Gasteiger partial charge in [0.2, 0.25) is 0 Å². The van der Waals surface area contributed by atoms with E-state index < -0.39 is 0 Å². The van der Waals surface area contributed by atoms with Gasteiger partial charge in [0.1, 0.15) is 23.3 Å². The lowest BCUT2D eigenvalue weighted by molar-refractivity contribution is 0.609. The van der Waals surface area contributed by atoms with Crippen LogP contribution in [0.25, 0.3) is 11.1 Å². The Morgan fingerprint density at radius 3 is 2.41 bits per heavy atom. The van der Waals surface area contributed by atoms with Crippen molar-refractivity contribution in [2.24, 2.45) is 0 Å². The molecular formula is C18H18FN3.